The average molecular weight is 328 g/mol. The van der Waals surface area contributed by atoms with Gasteiger partial charge in [0.05, 0.1) is 6.10 Å². The van der Waals surface area contributed by atoms with E-state index in [2.05, 4.69) is 22.2 Å². The highest BCUT2D eigenvalue weighted by Gasteiger charge is 2.34. The molecule has 0 saturated carbocycles. The van der Waals surface area contributed by atoms with Crippen molar-refractivity contribution in [2.75, 3.05) is 19.6 Å². The number of nitrogens with one attached hydrogen (secondary N) is 1. The molecule has 4 rings (SSSR count). The largest absolute Gasteiger partial charge is 0.364 e. The summed E-state index contributed by atoms with van der Waals surface area (Å²) in [6.45, 7) is 2.09. The van der Waals surface area contributed by atoms with E-state index in [0.29, 0.717) is 12.5 Å². The highest BCUT2D eigenvalue weighted by Crippen LogP contribution is 2.33. The van der Waals surface area contributed by atoms with Crippen LogP contribution < -0.4 is 5.73 Å². The molecule has 2 aliphatic rings. The first-order valence-corrected chi connectivity index (χ1v) is 8.82. The minimum Gasteiger partial charge on any atom is -0.364 e. The van der Waals surface area contributed by atoms with Gasteiger partial charge in [-0.2, -0.15) is 0 Å². The Hall–Kier alpha value is -1.92. The molecule has 2 aromatic rings. The fraction of sp³-hybridized carbons (Fsp3) is 0.556. The molecule has 128 valence electrons. The summed E-state index contributed by atoms with van der Waals surface area (Å²) in [4.78, 5) is 22.2. The molecule has 0 radical (unpaired) electrons. The Balaban J connectivity index is 1.39. The van der Waals surface area contributed by atoms with Gasteiger partial charge in [-0.3, -0.25) is 4.79 Å². The average Bonchev–Trinajstić information content (AvgIpc) is 3.28. The van der Waals surface area contributed by atoms with E-state index in [1.807, 2.05) is 11.0 Å². The van der Waals surface area contributed by atoms with Gasteiger partial charge >= 0.3 is 0 Å². The number of nitrogens with two attached hydrogens (primary N) is 1. The molecule has 0 unspecified atom stereocenters. The van der Waals surface area contributed by atoms with E-state index in [4.69, 9.17) is 10.5 Å². The van der Waals surface area contributed by atoms with Crippen LogP contribution in [-0.4, -0.2) is 52.6 Å². The Morgan fingerprint density at radius 1 is 1.33 bits per heavy atom. The van der Waals surface area contributed by atoms with Crippen LogP contribution in [0.5, 0.6) is 0 Å². The molecule has 0 spiro atoms. The van der Waals surface area contributed by atoms with Crippen LogP contribution in [-0.2, 0) is 9.53 Å². The van der Waals surface area contributed by atoms with Crippen LogP contribution >= 0.6 is 0 Å². The molecule has 2 fully saturated rings. The number of rotatable bonds is 3. The molecule has 0 aliphatic carbocycles. The number of H-pyrrole nitrogens is 1. The predicted octanol–water partition coefficient (Wildman–Crippen LogP) is 1.78. The van der Waals surface area contributed by atoms with Crippen molar-refractivity contribution in [2.24, 2.45) is 5.73 Å². The van der Waals surface area contributed by atoms with E-state index in [-0.39, 0.29) is 18.1 Å². The van der Waals surface area contributed by atoms with Crippen molar-refractivity contribution in [3.05, 3.63) is 30.1 Å². The number of likely N-dealkylation sites (tertiary alicyclic amines) is 1. The van der Waals surface area contributed by atoms with Gasteiger partial charge in [0.1, 0.15) is 11.8 Å². The summed E-state index contributed by atoms with van der Waals surface area (Å²) in [6.07, 6.45) is 7.32. The molecule has 24 heavy (non-hydrogen) atoms. The smallest absolute Gasteiger partial charge is 0.251 e. The predicted molar refractivity (Wildman–Crippen MR) is 91.6 cm³/mol. The highest BCUT2D eigenvalue weighted by atomic mass is 16.5. The maximum Gasteiger partial charge on any atom is 0.251 e. The summed E-state index contributed by atoms with van der Waals surface area (Å²) in [5.41, 5.74) is 7.90. The second-order valence-corrected chi connectivity index (χ2v) is 6.80. The summed E-state index contributed by atoms with van der Waals surface area (Å²) < 4.78 is 5.75. The fourth-order valence-electron chi connectivity index (χ4n) is 3.99. The third-order valence-corrected chi connectivity index (χ3v) is 5.38. The number of ether oxygens (including phenoxy) is 1. The lowest BCUT2D eigenvalue weighted by Gasteiger charge is -2.33. The second kappa shape index (κ2) is 6.53. The van der Waals surface area contributed by atoms with Gasteiger partial charge in [-0.25, -0.2) is 4.98 Å². The van der Waals surface area contributed by atoms with Crippen LogP contribution in [0.1, 0.15) is 37.2 Å². The van der Waals surface area contributed by atoms with E-state index in [1.165, 1.54) is 10.9 Å². The van der Waals surface area contributed by atoms with Crippen molar-refractivity contribution < 1.29 is 9.53 Å². The molecular formula is C18H24N4O2. The molecule has 6 nitrogen and oxygen atoms in total. The number of aromatic nitrogens is 2. The van der Waals surface area contributed by atoms with E-state index < -0.39 is 0 Å². The molecule has 2 aromatic heterocycles. The van der Waals surface area contributed by atoms with Gasteiger partial charge in [0.2, 0.25) is 0 Å². The van der Waals surface area contributed by atoms with E-state index in [0.717, 1.165) is 44.4 Å². The number of amides is 1. The SMILES string of the molecule is NC[C@H]1CC[C@@H](C(=O)N2CCC(c3c[nH]c4ncccc34)CC2)O1. The first-order valence-electron chi connectivity index (χ1n) is 8.82. The second-order valence-electron chi connectivity index (χ2n) is 6.80. The zero-order chi connectivity index (χ0) is 16.5. The molecule has 6 heteroatoms. The van der Waals surface area contributed by atoms with Gasteiger partial charge in [-0.1, -0.05) is 0 Å². The molecular weight excluding hydrogens is 304 g/mol. The van der Waals surface area contributed by atoms with Gasteiger partial charge < -0.3 is 20.4 Å². The molecule has 2 aliphatic heterocycles. The van der Waals surface area contributed by atoms with Gasteiger partial charge in [0.15, 0.2) is 0 Å². The number of piperidine rings is 1. The summed E-state index contributed by atoms with van der Waals surface area (Å²) in [5, 5.41) is 1.20. The molecule has 2 saturated heterocycles. The van der Waals surface area contributed by atoms with Crippen LogP contribution in [0.2, 0.25) is 0 Å². The third-order valence-electron chi connectivity index (χ3n) is 5.38. The zero-order valence-corrected chi connectivity index (χ0v) is 13.8. The fourth-order valence-corrected chi connectivity index (χ4v) is 3.99. The Morgan fingerprint density at radius 2 is 2.17 bits per heavy atom. The Kier molecular flexibility index (Phi) is 4.24. The van der Waals surface area contributed by atoms with Gasteiger partial charge in [0, 0.05) is 37.4 Å². The van der Waals surface area contributed by atoms with Crippen molar-refractivity contribution in [1.82, 2.24) is 14.9 Å². The Morgan fingerprint density at radius 3 is 2.92 bits per heavy atom. The normalized spacial score (nSPS) is 25.5. The minimum atomic E-state index is -0.285. The summed E-state index contributed by atoms with van der Waals surface area (Å²) in [5.74, 6) is 0.623. The van der Waals surface area contributed by atoms with E-state index in [9.17, 15) is 4.79 Å². The summed E-state index contributed by atoms with van der Waals surface area (Å²) >= 11 is 0. The van der Waals surface area contributed by atoms with Crippen LogP contribution in [0.3, 0.4) is 0 Å². The number of carbonyl (C=O) groups is 1. The minimum absolute atomic E-state index is 0.0511. The van der Waals surface area contributed by atoms with Crippen LogP contribution in [0.15, 0.2) is 24.5 Å². The zero-order valence-electron chi connectivity index (χ0n) is 13.8. The summed E-state index contributed by atoms with van der Waals surface area (Å²) in [6, 6.07) is 4.09. The number of hydrogen-bond acceptors (Lipinski definition) is 4. The van der Waals surface area contributed by atoms with Crippen LogP contribution in [0.25, 0.3) is 11.0 Å². The van der Waals surface area contributed by atoms with E-state index in [1.54, 1.807) is 6.20 Å². The molecule has 3 N–H and O–H groups in total. The van der Waals surface area contributed by atoms with Crippen LogP contribution in [0, 0.1) is 0 Å². The van der Waals surface area contributed by atoms with E-state index >= 15 is 0 Å². The lowest BCUT2D eigenvalue weighted by molar-refractivity contribution is -0.143. The quantitative estimate of drug-likeness (QED) is 0.899. The number of aromatic amines is 1. The Bertz CT molecular complexity index is 721. The van der Waals surface area contributed by atoms with Crippen molar-refractivity contribution in [3.63, 3.8) is 0 Å². The van der Waals surface area contributed by atoms with Crippen molar-refractivity contribution >= 4 is 16.9 Å². The van der Waals surface area contributed by atoms with Crippen LogP contribution in [0.4, 0.5) is 0 Å². The third kappa shape index (κ3) is 2.80. The number of nitrogens with zero attached hydrogens (tertiary/aromatic N) is 2. The van der Waals surface area contributed by atoms with Gasteiger partial charge in [0.25, 0.3) is 5.91 Å². The molecule has 0 aromatic carbocycles. The topological polar surface area (TPSA) is 84.2 Å². The number of fused-ring (bicyclic) bond motifs is 1. The maximum atomic E-state index is 12.6. The van der Waals surface area contributed by atoms with Crippen molar-refractivity contribution in [2.45, 2.75) is 43.8 Å². The van der Waals surface area contributed by atoms with Gasteiger partial charge in [-0.05, 0) is 49.3 Å². The van der Waals surface area contributed by atoms with Gasteiger partial charge in [-0.15, -0.1) is 0 Å². The standard InChI is InChI=1S/C18H24N4O2/c19-10-13-3-4-16(24-13)18(23)22-8-5-12(6-9-22)15-11-21-17-14(15)2-1-7-20-17/h1-2,7,11-13,16H,3-6,8-10,19H2,(H,20,21)/t13-,16+/m1/s1. The molecule has 4 heterocycles. The lowest BCUT2D eigenvalue weighted by Crippen LogP contribution is -2.43. The summed E-state index contributed by atoms with van der Waals surface area (Å²) in [7, 11) is 0. The number of hydrogen-bond donors (Lipinski definition) is 2. The van der Waals surface area contributed by atoms with Crippen molar-refractivity contribution in [3.8, 4) is 0 Å². The number of pyridine rings is 1. The molecule has 1 amide bonds. The first-order chi connectivity index (χ1) is 11.8. The maximum absolute atomic E-state index is 12.6. The Labute approximate surface area is 141 Å². The van der Waals surface area contributed by atoms with Crippen molar-refractivity contribution in [1.29, 1.82) is 0 Å². The molecule has 2 atom stereocenters. The lowest BCUT2D eigenvalue weighted by atomic mass is 9.89. The monoisotopic (exact) mass is 328 g/mol. The number of carbonyl (C=O) groups excluding carboxylic acids is 1. The first kappa shape index (κ1) is 15.6. The molecule has 0 bridgehead atoms. The highest BCUT2D eigenvalue weighted by molar-refractivity contribution is 5.82.